The quantitative estimate of drug-likeness (QED) is 0.586. The number of amides is 1. The normalized spacial score (nSPS) is 11.6. The Hall–Kier alpha value is -3.61. The third-order valence-corrected chi connectivity index (χ3v) is 4.46. The molecule has 1 heterocycles. The number of benzene rings is 2. The molecule has 3 N–H and O–H groups in total. The van der Waals surface area contributed by atoms with Crippen LogP contribution in [0.25, 0.3) is 11.3 Å². The summed E-state index contributed by atoms with van der Waals surface area (Å²) in [7, 11) is 1.59. The van der Waals surface area contributed by atoms with E-state index in [1.165, 1.54) is 0 Å². The van der Waals surface area contributed by atoms with Crippen molar-refractivity contribution >= 4 is 11.9 Å². The number of aliphatic carboxylic acids is 1. The summed E-state index contributed by atoms with van der Waals surface area (Å²) in [6.07, 6.45) is 0.0142. The van der Waals surface area contributed by atoms with Gasteiger partial charge in [-0.05, 0) is 36.8 Å². The highest BCUT2D eigenvalue weighted by molar-refractivity contribution is 5.87. The summed E-state index contributed by atoms with van der Waals surface area (Å²) in [5, 5.41) is 19.3. The highest BCUT2D eigenvalue weighted by Gasteiger charge is 2.23. The van der Waals surface area contributed by atoms with E-state index in [1.807, 2.05) is 31.2 Å². The van der Waals surface area contributed by atoms with E-state index in [-0.39, 0.29) is 6.42 Å². The number of carboxylic acid groups (broad SMARTS) is 1. The minimum atomic E-state index is -1.11. The molecule has 0 aliphatic carbocycles. The molecule has 0 aliphatic rings. The topological polar surface area (TPSA) is 104 Å². The van der Waals surface area contributed by atoms with Gasteiger partial charge in [0.25, 0.3) is 0 Å². The summed E-state index contributed by atoms with van der Waals surface area (Å²) in [6, 6.07) is 14.9. The van der Waals surface area contributed by atoms with E-state index in [0.29, 0.717) is 11.3 Å². The lowest BCUT2D eigenvalue weighted by Gasteiger charge is -2.15. The summed E-state index contributed by atoms with van der Waals surface area (Å²) in [6.45, 7) is 1.83. The SMILES string of the molecule is COc1ccc(-c2n[nH]c(C)c2CC(=O)N[C@@H](C(=O)O)c2ccccc2)cc1. The van der Waals surface area contributed by atoms with Crippen molar-refractivity contribution in [3.05, 3.63) is 71.4 Å². The fourth-order valence-corrected chi connectivity index (χ4v) is 2.96. The van der Waals surface area contributed by atoms with Gasteiger partial charge in [-0.3, -0.25) is 9.89 Å². The minimum Gasteiger partial charge on any atom is -0.497 e. The van der Waals surface area contributed by atoms with E-state index >= 15 is 0 Å². The fraction of sp³-hybridized carbons (Fsp3) is 0.190. The Morgan fingerprint density at radius 3 is 2.43 bits per heavy atom. The van der Waals surface area contributed by atoms with Crippen molar-refractivity contribution in [2.24, 2.45) is 0 Å². The number of carboxylic acids is 1. The van der Waals surface area contributed by atoms with Crippen LogP contribution in [-0.2, 0) is 16.0 Å². The molecule has 1 atom stereocenters. The third-order valence-electron chi connectivity index (χ3n) is 4.46. The summed E-state index contributed by atoms with van der Waals surface area (Å²) < 4.78 is 5.17. The molecular formula is C21H21N3O4. The van der Waals surface area contributed by atoms with E-state index in [0.717, 1.165) is 22.6 Å². The second-order valence-corrected chi connectivity index (χ2v) is 6.33. The van der Waals surface area contributed by atoms with E-state index in [4.69, 9.17) is 4.74 Å². The number of hydrogen-bond donors (Lipinski definition) is 3. The number of H-pyrrole nitrogens is 1. The van der Waals surface area contributed by atoms with Gasteiger partial charge in [0.2, 0.25) is 5.91 Å². The number of aromatic amines is 1. The van der Waals surface area contributed by atoms with Crippen molar-refractivity contribution in [3.8, 4) is 17.0 Å². The Labute approximate surface area is 162 Å². The average molecular weight is 379 g/mol. The highest BCUT2D eigenvalue weighted by atomic mass is 16.5. The lowest BCUT2D eigenvalue weighted by molar-refractivity contribution is -0.141. The lowest BCUT2D eigenvalue weighted by Crippen LogP contribution is -2.34. The molecular weight excluding hydrogens is 358 g/mol. The van der Waals surface area contributed by atoms with Crippen molar-refractivity contribution in [3.63, 3.8) is 0 Å². The number of nitrogens with zero attached hydrogens (tertiary/aromatic N) is 1. The molecule has 28 heavy (non-hydrogen) atoms. The second-order valence-electron chi connectivity index (χ2n) is 6.33. The molecule has 3 rings (SSSR count). The molecule has 0 unspecified atom stereocenters. The molecule has 0 spiro atoms. The van der Waals surface area contributed by atoms with Gasteiger partial charge in [0.05, 0.1) is 19.2 Å². The van der Waals surface area contributed by atoms with Gasteiger partial charge in [-0.15, -0.1) is 0 Å². The van der Waals surface area contributed by atoms with Crippen LogP contribution in [0.15, 0.2) is 54.6 Å². The predicted molar refractivity (Wildman–Crippen MR) is 104 cm³/mol. The van der Waals surface area contributed by atoms with Crippen LogP contribution in [0.5, 0.6) is 5.75 Å². The number of methoxy groups -OCH3 is 1. The Bertz CT molecular complexity index is 965. The monoisotopic (exact) mass is 379 g/mol. The molecule has 0 saturated heterocycles. The Kier molecular flexibility index (Phi) is 5.74. The molecule has 0 bridgehead atoms. The molecule has 3 aromatic rings. The Morgan fingerprint density at radius 1 is 1.14 bits per heavy atom. The molecule has 0 fully saturated rings. The molecule has 0 saturated carbocycles. The zero-order valence-corrected chi connectivity index (χ0v) is 15.6. The number of carbonyl (C=O) groups is 2. The van der Waals surface area contributed by atoms with Crippen molar-refractivity contribution in [2.75, 3.05) is 7.11 Å². The van der Waals surface area contributed by atoms with E-state index in [9.17, 15) is 14.7 Å². The van der Waals surface area contributed by atoms with Gasteiger partial charge < -0.3 is 15.2 Å². The zero-order chi connectivity index (χ0) is 20.1. The largest absolute Gasteiger partial charge is 0.497 e. The number of rotatable bonds is 7. The van der Waals surface area contributed by atoms with E-state index in [2.05, 4.69) is 15.5 Å². The first-order chi connectivity index (χ1) is 13.5. The highest BCUT2D eigenvalue weighted by Crippen LogP contribution is 2.26. The van der Waals surface area contributed by atoms with Crippen LogP contribution >= 0.6 is 0 Å². The maximum atomic E-state index is 12.6. The van der Waals surface area contributed by atoms with Crippen LogP contribution in [0.4, 0.5) is 0 Å². The molecule has 144 valence electrons. The van der Waals surface area contributed by atoms with Gasteiger partial charge in [-0.1, -0.05) is 30.3 Å². The van der Waals surface area contributed by atoms with Crippen LogP contribution in [-0.4, -0.2) is 34.3 Å². The first-order valence-electron chi connectivity index (χ1n) is 8.75. The first kappa shape index (κ1) is 19.2. The van der Waals surface area contributed by atoms with Gasteiger partial charge in [-0.2, -0.15) is 5.10 Å². The number of ether oxygens (including phenoxy) is 1. The van der Waals surface area contributed by atoms with Gasteiger partial charge in [-0.25, -0.2) is 4.79 Å². The Morgan fingerprint density at radius 2 is 1.82 bits per heavy atom. The first-order valence-corrected chi connectivity index (χ1v) is 8.75. The number of hydrogen-bond acceptors (Lipinski definition) is 4. The standard InChI is InChI=1S/C21H21N3O4/c1-13-17(19(24-23-13)15-8-10-16(28-2)11-9-15)12-18(25)22-20(21(26)27)14-6-4-3-5-7-14/h3-11,20H,12H2,1-2H3,(H,22,25)(H,23,24)(H,26,27)/t20-/m1/s1. The molecule has 7 heteroatoms. The van der Waals surface area contributed by atoms with Crippen LogP contribution in [0, 0.1) is 6.92 Å². The predicted octanol–water partition coefficient (Wildman–Crippen LogP) is 2.88. The number of nitrogens with one attached hydrogen (secondary N) is 2. The van der Waals surface area contributed by atoms with Crippen molar-refractivity contribution < 1.29 is 19.4 Å². The lowest BCUT2D eigenvalue weighted by atomic mass is 10.0. The summed E-state index contributed by atoms with van der Waals surface area (Å²) >= 11 is 0. The van der Waals surface area contributed by atoms with Crippen LogP contribution < -0.4 is 10.1 Å². The number of aromatic nitrogens is 2. The van der Waals surface area contributed by atoms with Gasteiger partial charge in [0.1, 0.15) is 5.75 Å². The van der Waals surface area contributed by atoms with Crippen LogP contribution in [0.2, 0.25) is 0 Å². The maximum Gasteiger partial charge on any atom is 0.330 e. The van der Waals surface area contributed by atoms with Crippen molar-refractivity contribution in [2.45, 2.75) is 19.4 Å². The minimum absolute atomic E-state index is 0.0142. The van der Waals surface area contributed by atoms with Crippen LogP contribution in [0.3, 0.4) is 0 Å². The number of aryl methyl sites for hydroxylation is 1. The maximum absolute atomic E-state index is 12.6. The van der Waals surface area contributed by atoms with E-state index < -0.39 is 17.9 Å². The fourth-order valence-electron chi connectivity index (χ4n) is 2.96. The van der Waals surface area contributed by atoms with Gasteiger partial charge >= 0.3 is 5.97 Å². The molecule has 2 aromatic carbocycles. The van der Waals surface area contributed by atoms with Crippen molar-refractivity contribution in [1.82, 2.24) is 15.5 Å². The summed E-state index contributed by atoms with van der Waals surface area (Å²) in [4.78, 5) is 24.2. The third kappa shape index (κ3) is 4.20. The molecule has 1 aromatic heterocycles. The smallest absolute Gasteiger partial charge is 0.330 e. The second kappa shape index (κ2) is 8.39. The molecule has 7 nitrogen and oxygen atoms in total. The summed E-state index contributed by atoms with van der Waals surface area (Å²) in [5.74, 6) is -0.781. The Balaban J connectivity index is 1.80. The zero-order valence-electron chi connectivity index (χ0n) is 15.6. The van der Waals surface area contributed by atoms with E-state index in [1.54, 1.807) is 37.4 Å². The van der Waals surface area contributed by atoms with Gasteiger partial charge in [0.15, 0.2) is 6.04 Å². The number of carbonyl (C=O) groups excluding carboxylic acids is 1. The summed E-state index contributed by atoms with van der Waals surface area (Å²) in [5.41, 5.74) is 3.49. The van der Waals surface area contributed by atoms with Crippen molar-refractivity contribution in [1.29, 1.82) is 0 Å². The molecule has 0 radical (unpaired) electrons. The molecule has 0 aliphatic heterocycles. The van der Waals surface area contributed by atoms with Gasteiger partial charge in [0, 0.05) is 16.8 Å². The van der Waals surface area contributed by atoms with Crippen LogP contribution in [0.1, 0.15) is 22.9 Å². The average Bonchev–Trinajstić information content (AvgIpc) is 3.07. The molecule has 1 amide bonds.